The number of carbonyl (C=O) groups is 1. The number of aliphatic hydroxyl groups is 7. The first-order valence-corrected chi connectivity index (χ1v) is 12.7. The molecule has 1 aromatic heterocycles. The molecule has 2 aliphatic rings. The fourth-order valence-electron chi connectivity index (χ4n) is 3.81. The van der Waals surface area contributed by atoms with Crippen LogP contribution in [0.3, 0.4) is 0 Å². The van der Waals surface area contributed by atoms with Crippen LogP contribution in [0.2, 0.25) is 0 Å². The maximum absolute atomic E-state index is 12.4. The van der Waals surface area contributed by atoms with Crippen LogP contribution in [-0.2, 0) is 34.4 Å². The molecule has 0 saturated carbocycles. The Balaban J connectivity index is 1.65. The summed E-state index contributed by atoms with van der Waals surface area (Å²) in [5.41, 5.74) is -0.0992. The van der Waals surface area contributed by atoms with Gasteiger partial charge in [0.1, 0.15) is 54.6 Å². The number of aliphatic hydroxyl groups excluding tert-OH is 7. The van der Waals surface area contributed by atoms with Crippen LogP contribution in [0, 0.1) is 6.92 Å². The first-order chi connectivity index (χ1) is 17.8. The van der Waals surface area contributed by atoms with Crippen LogP contribution >= 0.6 is 7.82 Å². The number of aldehydes is 1. The van der Waals surface area contributed by atoms with Crippen molar-refractivity contribution in [2.45, 2.75) is 74.9 Å². The molecule has 3 rings (SSSR count). The van der Waals surface area contributed by atoms with Crippen molar-refractivity contribution in [2.24, 2.45) is 0 Å². The minimum Gasteiger partial charge on any atom is -0.505 e. The van der Waals surface area contributed by atoms with Crippen molar-refractivity contribution in [3.8, 4) is 5.75 Å². The number of aromatic nitrogens is 1. The predicted molar refractivity (Wildman–Crippen MR) is 118 cm³/mol. The molecule has 38 heavy (non-hydrogen) atoms. The number of hydrogen-bond donors (Lipinski definition) is 9. The maximum atomic E-state index is 12.4. The van der Waals surface area contributed by atoms with E-state index in [1.807, 2.05) is 0 Å². The van der Waals surface area contributed by atoms with Crippen LogP contribution in [-0.4, -0.2) is 132 Å². The fraction of sp³-hybridized carbons (Fsp3) is 0.700. The highest BCUT2D eigenvalue weighted by Crippen LogP contribution is 2.45. The Hall–Kier alpha value is -1.67. The molecule has 9 N–H and O–H groups in total. The molecule has 0 spiro atoms. The summed E-state index contributed by atoms with van der Waals surface area (Å²) in [6, 6.07) is 0. The van der Waals surface area contributed by atoms with E-state index in [1.54, 1.807) is 0 Å². The third-order valence-corrected chi connectivity index (χ3v) is 6.99. The number of hydrogen-bond acceptors (Lipinski definition) is 16. The molecule has 11 atom stereocenters. The van der Waals surface area contributed by atoms with E-state index in [-0.39, 0.29) is 16.8 Å². The van der Waals surface area contributed by atoms with E-state index in [1.165, 1.54) is 6.92 Å². The molecular weight excluding hydrogens is 541 g/mol. The second-order valence-electron chi connectivity index (χ2n) is 8.63. The number of aromatic hydroxyl groups is 1. The van der Waals surface area contributed by atoms with Crippen LogP contribution < -0.4 is 0 Å². The molecule has 0 bridgehead atoms. The summed E-state index contributed by atoms with van der Waals surface area (Å²) in [4.78, 5) is 25.1. The molecule has 0 aromatic carbocycles. The van der Waals surface area contributed by atoms with Crippen molar-refractivity contribution in [3.63, 3.8) is 0 Å². The van der Waals surface area contributed by atoms with Gasteiger partial charge in [-0.25, -0.2) is 4.57 Å². The second-order valence-corrected chi connectivity index (χ2v) is 10.1. The van der Waals surface area contributed by atoms with E-state index in [9.17, 15) is 55.1 Å². The van der Waals surface area contributed by atoms with Gasteiger partial charge in [-0.15, -0.1) is 0 Å². The Labute approximate surface area is 215 Å². The predicted octanol–water partition coefficient (Wildman–Crippen LogP) is -3.83. The standard InChI is InChI=1S/C20H30NO16P/c1-7-12(24)9(3-22)8(2-21-7)5-33-38(31,32)34-6-11-13(25)14(26)17(29)20(36-11)37-18-10(4-23)35-19(30)16(28)15(18)27/h2-3,10-11,13-20,23-30H,4-6H2,1H3,(H,31,32)/t10-,11-,13-,14+,15-,16-,17-,18-,19-,20+/m1/s1. The lowest BCUT2D eigenvalue weighted by Gasteiger charge is -2.45. The number of phosphoric ester groups is 1. The Morgan fingerprint density at radius 2 is 1.68 bits per heavy atom. The second kappa shape index (κ2) is 12.7. The van der Waals surface area contributed by atoms with E-state index in [0.29, 0.717) is 6.29 Å². The highest BCUT2D eigenvalue weighted by Gasteiger charge is 2.50. The zero-order valence-corrected chi connectivity index (χ0v) is 20.7. The maximum Gasteiger partial charge on any atom is 0.472 e. The van der Waals surface area contributed by atoms with Gasteiger partial charge in [-0.2, -0.15) is 0 Å². The van der Waals surface area contributed by atoms with Gasteiger partial charge in [-0.3, -0.25) is 18.8 Å². The molecule has 1 aromatic rings. The first-order valence-electron chi connectivity index (χ1n) is 11.2. The molecule has 0 aliphatic carbocycles. The molecule has 0 radical (unpaired) electrons. The van der Waals surface area contributed by atoms with Crippen LogP contribution in [0.1, 0.15) is 21.6 Å². The third-order valence-electron chi connectivity index (χ3n) is 6.06. The average molecular weight is 571 g/mol. The molecular formula is C20H30NO16P. The van der Waals surface area contributed by atoms with Crippen LogP contribution in [0.4, 0.5) is 0 Å². The summed E-state index contributed by atoms with van der Waals surface area (Å²) in [7, 11) is -4.89. The number of phosphoric acid groups is 1. The Morgan fingerprint density at radius 1 is 1.00 bits per heavy atom. The number of nitrogens with zero attached hydrogens (tertiary/aromatic N) is 1. The monoisotopic (exact) mass is 571 g/mol. The van der Waals surface area contributed by atoms with Gasteiger partial charge in [-0.05, 0) is 6.92 Å². The van der Waals surface area contributed by atoms with E-state index >= 15 is 0 Å². The number of pyridine rings is 1. The van der Waals surface area contributed by atoms with Gasteiger partial charge in [0, 0.05) is 11.8 Å². The molecule has 18 heteroatoms. The number of rotatable bonds is 10. The quantitative estimate of drug-likeness (QED) is 0.0960. The highest BCUT2D eigenvalue weighted by molar-refractivity contribution is 7.47. The SMILES string of the molecule is Cc1ncc(COP(=O)(O)OC[C@H]2O[C@@H](O[C@H]3[C@H](O)[C@@H](O)[C@H](O)O[C@@H]3CO)[C@H](O)[C@@H](O)[C@@H]2O)c(C=O)c1O. The molecule has 2 aliphatic heterocycles. The topological polar surface area (TPSA) is 275 Å². The minimum atomic E-state index is -4.89. The largest absolute Gasteiger partial charge is 0.505 e. The Kier molecular flexibility index (Phi) is 10.3. The smallest absolute Gasteiger partial charge is 0.472 e. The van der Waals surface area contributed by atoms with E-state index in [4.69, 9.17) is 23.3 Å². The van der Waals surface area contributed by atoms with E-state index in [2.05, 4.69) is 4.98 Å². The number of ether oxygens (including phenoxy) is 3. The summed E-state index contributed by atoms with van der Waals surface area (Å²) in [5, 5.41) is 79.7. The molecule has 2 saturated heterocycles. The summed E-state index contributed by atoms with van der Waals surface area (Å²) < 4.78 is 37.6. The molecule has 17 nitrogen and oxygen atoms in total. The van der Waals surface area contributed by atoms with Crippen LogP contribution in [0.15, 0.2) is 6.20 Å². The third kappa shape index (κ3) is 6.72. The lowest BCUT2D eigenvalue weighted by molar-refractivity contribution is -0.354. The van der Waals surface area contributed by atoms with Gasteiger partial charge in [0.2, 0.25) is 0 Å². The van der Waals surface area contributed by atoms with Crippen LogP contribution in [0.5, 0.6) is 5.75 Å². The van der Waals surface area contributed by atoms with Crippen molar-refractivity contribution in [3.05, 3.63) is 23.0 Å². The summed E-state index contributed by atoms with van der Waals surface area (Å²) in [6.45, 7) is -0.940. The zero-order chi connectivity index (χ0) is 28.4. The molecule has 2 fully saturated rings. The van der Waals surface area contributed by atoms with Gasteiger partial charge in [0.25, 0.3) is 0 Å². The van der Waals surface area contributed by atoms with E-state index < -0.39 is 94.8 Å². The molecule has 1 unspecified atom stereocenters. The van der Waals surface area contributed by atoms with Gasteiger partial charge >= 0.3 is 7.82 Å². The summed E-state index contributed by atoms with van der Waals surface area (Å²) >= 11 is 0. The fourth-order valence-corrected chi connectivity index (χ4v) is 4.52. The number of carbonyl (C=O) groups excluding carboxylic acids is 1. The average Bonchev–Trinajstić information content (AvgIpc) is 2.88. The van der Waals surface area contributed by atoms with Crippen molar-refractivity contribution in [1.29, 1.82) is 0 Å². The summed E-state index contributed by atoms with van der Waals surface area (Å²) in [6.07, 6.45) is -16.3. The van der Waals surface area contributed by atoms with Crippen molar-refractivity contribution in [2.75, 3.05) is 13.2 Å². The normalized spacial score (nSPS) is 37.5. The minimum absolute atomic E-state index is 0.0269. The number of aryl methyl sites for hydroxylation is 1. The van der Waals surface area contributed by atoms with Crippen molar-refractivity contribution >= 4 is 14.1 Å². The first kappa shape index (κ1) is 30.9. The summed E-state index contributed by atoms with van der Waals surface area (Å²) in [5.74, 6) is -0.439. The molecule has 3 heterocycles. The zero-order valence-electron chi connectivity index (χ0n) is 19.8. The van der Waals surface area contributed by atoms with Gasteiger partial charge in [-0.1, -0.05) is 0 Å². The highest BCUT2D eigenvalue weighted by atomic mass is 31.2. The molecule has 0 amide bonds. The van der Waals surface area contributed by atoms with Gasteiger partial charge in [0.05, 0.1) is 31.1 Å². The van der Waals surface area contributed by atoms with Crippen molar-refractivity contribution < 1.29 is 78.4 Å². The van der Waals surface area contributed by atoms with Crippen LogP contribution in [0.25, 0.3) is 0 Å². The lowest BCUT2D eigenvalue weighted by atomic mass is 9.97. The lowest BCUT2D eigenvalue weighted by Crippen LogP contribution is -2.64. The van der Waals surface area contributed by atoms with E-state index in [0.717, 1.165) is 6.20 Å². The van der Waals surface area contributed by atoms with Gasteiger partial charge < -0.3 is 60.0 Å². The molecule has 216 valence electrons. The van der Waals surface area contributed by atoms with Crippen molar-refractivity contribution in [1.82, 2.24) is 4.98 Å². The van der Waals surface area contributed by atoms with Gasteiger partial charge in [0.15, 0.2) is 18.9 Å². The Bertz CT molecular complexity index is 1010. The Morgan fingerprint density at radius 3 is 2.32 bits per heavy atom.